The second kappa shape index (κ2) is 8.51. The molecule has 0 unspecified atom stereocenters. The zero-order chi connectivity index (χ0) is 19.2. The van der Waals surface area contributed by atoms with Gasteiger partial charge in [-0.15, -0.1) is 0 Å². The quantitative estimate of drug-likeness (QED) is 0.667. The van der Waals surface area contributed by atoms with E-state index < -0.39 is 0 Å². The van der Waals surface area contributed by atoms with Crippen molar-refractivity contribution >= 4 is 5.91 Å². The Kier molecular flexibility index (Phi) is 5.88. The van der Waals surface area contributed by atoms with E-state index in [-0.39, 0.29) is 11.9 Å². The van der Waals surface area contributed by atoms with E-state index >= 15 is 0 Å². The van der Waals surface area contributed by atoms with Crippen LogP contribution in [0.25, 0.3) is 5.69 Å². The van der Waals surface area contributed by atoms with E-state index in [0.29, 0.717) is 12.1 Å². The first-order chi connectivity index (χ1) is 13.1. The molecule has 3 aromatic rings. The summed E-state index contributed by atoms with van der Waals surface area (Å²) in [6.45, 7) is 0.550. The molecular weight excluding hydrogens is 340 g/mol. The topological polar surface area (TPSA) is 60.6 Å². The van der Waals surface area contributed by atoms with Gasteiger partial charge in [0.15, 0.2) is 0 Å². The number of quaternary nitrogens is 1. The van der Waals surface area contributed by atoms with Crippen molar-refractivity contribution in [2.45, 2.75) is 6.04 Å². The molecule has 0 radical (unpaired) electrons. The maximum Gasteiger partial charge on any atom is 0.251 e. The molecule has 0 aliphatic carbocycles. The SMILES string of the molecule is COc1ccc([C@H](CNC(=O)c2ccc(-n3cccn3)cc2)[NH+](C)C)cc1. The monoisotopic (exact) mass is 365 g/mol. The Morgan fingerprint density at radius 1 is 1.15 bits per heavy atom. The molecule has 0 aliphatic heterocycles. The first kappa shape index (κ1) is 18.7. The summed E-state index contributed by atoms with van der Waals surface area (Å²) in [5.74, 6) is 0.745. The molecule has 27 heavy (non-hydrogen) atoms. The number of likely N-dealkylation sites (N-methyl/N-ethyl adjacent to an activating group) is 1. The van der Waals surface area contributed by atoms with E-state index in [4.69, 9.17) is 4.74 Å². The minimum absolute atomic E-state index is 0.0817. The van der Waals surface area contributed by atoms with Crippen LogP contribution in [0.5, 0.6) is 5.75 Å². The van der Waals surface area contributed by atoms with E-state index in [1.165, 1.54) is 4.90 Å². The number of aromatic nitrogens is 2. The Hall–Kier alpha value is -3.12. The molecule has 6 nitrogen and oxygen atoms in total. The van der Waals surface area contributed by atoms with Gasteiger partial charge in [0.1, 0.15) is 11.8 Å². The number of rotatable bonds is 7. The lowest BCUT2D eigenvalue weighted by Gasteiger charge is -2.22. The van der Waals surface area contributed by atoms with Crippen molar-refractivity contribution in [2.24, 2.45) is 0 Å². The Balaban J connectivity index is 1.65. The summed E-state index contributed by atoms with van der Waals surface area (Å²) in [4.78, 5) is 13.8. The molecule has 0 fully saturated rings. The third-order valence-electron chi connectivity index (χ3n) is 4.58. The van der Waals surface area contributed by atoms with Crippen LogP contribution in [0.2, 0.25) is 0 Å². The van der Waals surface area contributed by atoms with Gasteiger partial charge in [-0.1, -0.05) is 0 Å². The molecule has 0 saturated heterocycles. The predicted octanol–water partition coefficient (Wildman–Crippen LogP) is 1.50. The van der Waals surface area contributed by atoms with Crippen molar-refractivity contribution in [2.75, 3.05) is 27.7 Å². The minimum Gasteiger partial charge on any atom is -0.497 e. The molecule has 0 bridgehead atoms. The van der Waals surface area contributed by atoms with Crippen LogP contribution < -0.4 is 15.0 Å². The van der Waals surface area contributed by atoms with Gasteiger partial charge in [0.2, 0.25) is 0 Å². The number of amides is 1. The first-order valence-electron chi connectivity index (χ1n) is 8.91. The van der Waals surface area contributed by atoms with Crippen molar-refractivity contribution in [3.8, 4) is 11.4 Å². The minimum atomic E-state index is -0.0817. The molecule has 2 N–H and O–H groups in total. The summed E-state index contributed by atoms with van der Waals surface area (Å²) >= 11 is 0. The van der Waals surface area contributed by atoms with Crippen LogP contribution in [0, 0.1) is 0 Å². The van der Waals surface area contributed by atoms with Gasteiger partial charge in [-0.3, -0.25) is 4.79 Å². The highest BCUT2D eigenvalue weighted by atomic mass is 16.5. The highest BCUT2D eigenvalue weighted by Gasteiger charge is 2.19. The van der Waals surface area contributed by atoms with E-state index in [2.05, 4.69) is 24.5 Å². The molecule has 0 saturated carbocycles. The summed E-state index contributed by atoms with van der Waals surface area (Å²) in [7, 11) is 5.82. The van der Waals surface area contributed by atoms with Gasteiger partial charge in [0.25, 0.3) is 5.91 Å². The summed E-state index contributed by atoms with van der Waals surface area (Å²) in [6.07, 6.45) is 3.60. The lowest BCUT2D eigenvalue weighted by atomic mass is 10.1. The largest absolute Gasteiger partial charge is 0.497 e. The van der Waals surface area contributed by atoms with Crippen LogP contribution >= 0.6 is 0 Å². The van der Waals surface area contributed by atoms with Crippen LogP contribution in [-0.2, 0) is 0 Å². The molecule has 1 atom stereocenters. The molecule has 2 aromatic carbocycles. The molecule has 1 aromatic heterocycles. The fourth-order valence-corrected chi connectivity index (χ4v) is 2.98. The highest BCUT2D eigenvalue weighted by molar-refractivity contribution is 5.94. The van der Waals surface area contributed by atoms with Gasteiger partial charge in [0, 0.05) is 23.5 Å². The zero-order valence-corrected chi connectivity index (χ0v) is 15.8. The smallest absolute Gasteiger partial charge is 0.251 e. The average molecular weight is 365 g/mol. The van der Waals surface area contributed by atoms with Crippen LogP contribution in [0.4, 0.5) is 0 Å². The number of ether oxygens (including phenoxy) is 1. The summed E-state index contributed by atoms with van der Waals surface area (Å²) in [6, 6.07) is 17.4. The predicted molar refractivity (Wildman–Crippen MR) is 104 cm³/mol. The van der Waals surface area contributed by atoms with Crippen molar-refractivity contribution in [3.05, 3.63) is 78.1 Å². The van der Waals surface area contributed by atoms with Crippen molar-refractivity contribution in [1.82, 2.24) is 15.1 Å². The molecule has 1 heterocycles. The van der Waals surface area contributed by atoms with Crippen molar-refractivity contribution in [3.63, 3.8) is 0 Å². The van der Waals surface area contributed by atoms with Gasteiger partial charge < -0.3 is 15.0 Å². The number of hydrogen-bond acceptors (Lipinski definition) is 3. The summed E-state index contributed by atoms with van der Waals surface area (Å²) in [5.41, 5.74) is 2.71. The van der Waals surface area contributed by atoms with Gasteiger partial charge in [-0.05, 0) is 54.6 Å². The standard InChI is InChI=1S/C21H24N4O2/c1-24(2)20(16-7-11-19(27-3)12-8-16)15-22-21(26)17-5-9-18(10-6-17)25-14-4-13-23-25/h4-14,20H,15H2,1-3H3,(H,22,26)/p+1/t20-/m0/s1. The maximum atomic E-state index is 12.5. The molecule has 3 rings (SSSR count). The van der Waals surface area contributed by atoms with Crippen LogP contribution in [0.15, 0.2) is 67.0 Å². The second-order valence-corrected chi connectivity index (χ2v) is 6.61. The number of nitrogens with one attached hydrogen (secondary N) is 2. The van der Waals surface area contributed by atoms with Gasteiger partial charge in [-0.2, -0.15) is 5.10 Å². The normalized spacial score (nSPS) is 12.0. The van der Waals surface area contributed by atoms with Crippen molar-refractivity contribution < 1.29 is 14.4 Å². The zero-order valence-electron chi connectivity index (χ0n) is 15.8. The second-order valence-electron chi connectivity index (χ2n) is 6.61. The Labute approximate surface area is 159 Å². The fraction of sp³-hybridized carbons (Fsp3) is 0.238. The fourth-order valence-electron chi connectivity index (χ4n) is 2.98. The van der Waals surface area contributed by atoms with Crippen LogP contribution in [0.1, 0.15) is 22.0 Å². The Bertz CT molecular complexity index is 856. The molecule has 0 aliphatic rings. The summed E-state index contributed by atoms with van der Waals surface area (Å²) < 4.78 is 6.98. The molecule has 6 heteroatoms. The Morgan fingerprint density at radius 3 is 2.41 bits per heavy atom. The number of hydrogen-bond donors (Lipinski definition) is 2. The number of methoxy groups -OCH3 is 1. The number of nitrogens with zero attached hydrogens (tertiary/aromatic N) is 2. The number of carbonyl (C=O) groups is 1. The number of carbonyl (C=O) groups excluding carboxylic acids is 1. The van der Waals surface area contributed by atoms with E-state index in [9.17, 15) is 4.79 Å². The van der Waals surface area contributed by atoms with Gasteiger partial charge in [-0.25, -0.2) is 4.68 Å². The van der Waals surface area contributed by atoms with Gasteiger partial charge in [0.05, 0.1) is 33.4 Å². The molecular formula is C21H25N4O2+. The van der Waals surface area contributed by atoms with Crippen LogP contribution in [-0.4, -0.2) is 43.4 Å². The van der Waals surface area contributed by atoms with E-state index in [1.807, 2.05) is 60.8 Å². The number of benzene rings is 2. The molecule has 0 spiro atoms. The lowest BCUT2D eigenvalue weighted by molar-refractivity contribution is -0.890. The van der Waals surface area contributed by atoms with E-state index in [0.717, 1.165) is 17.0 Å². The first-order valence-corrected chi connectivity index (χ1v) is 8.91. The Morgan fingerprint density at radius 2 is 1.85 bits per heavy atom. The average Bonchev–Trinajstić information content (AvgIpc) is 3.23. The van der Waals surface area contributed by atoms with Gasteiger partial charge >= 0.3 is 0 Å². The lowest BCUT2D eigenvalue weighted by Crippen LogP contribution is -3.07. The highest BCUT2D eigenvalue weighted by Crippen LogP contribution is 2.16. The third-order valence-corrected chi connectivity index (χ3v) is 4.58. The molecule has 1 amide bonds. The molecule has 140 valence electrons. The van der Waals surface area contributed by atoms with E-state index in [1.54, 1.807) is 18.0 Å². The maximum absolute atomic E-state index is 12.5. The summed E-state index contributed by atoms with van der Waals surface area (Å²) in [5, 5.41) is 7.24. The van der Waals surface area contributed by atoms with Crippen LogP contribution in [0.3, 0.4) is 0 Å². The van der Waals surface area contributed by atoms with Crippen molar-refractivity contribution in [1.29, 1.82) is 0 Å². The third kappa shape index (κ3) is 4.54.